The van der Waals surface area contributed by atoms with Crippen LogP contribution in [-0.4, -0.2) is 57.8 Å². The normalized spacial score (nSPS) is 13.2. The highest BCUT2D eigenvalue weighted by atomic mass is 32.1. The van der Waals surface area contributed by atoms with Crippen LogP contribution in [0.5, 0.6) is 17.2 Å². The molecule has 1 aliphatic rings. The molecule has 0 unspecified atom stereocenters. The molecule has 2 heterocycles. The van der Waals surface area contributed by atoms with E-state index in [1.54, 1.807) is 48.5 Å². The minimum atomic E-state index is -1.07. The maximum atomic E-state index is 14.1. The van der Waals surface area contributed by atoms with Gasteiger partial charge < -0.3 is 14.6 Å². The predicted octanol–water partition coefficient (Wildman–Crippen LogP) is 7.41. The zero-order valence-electron chi connectivity index (χ0n) is 25.5. The Hall–Kier alpha value is -5.66. The Morgan fingerprint density at radius 1 is 0.833 bits per heavy atom. The van der Waals surface area contributed by atoms with Crippen molar-refractivity contribution >= 4 is 44.6 Å². The van der Waals surface area contributed by atoms with Crippen LogP contribution in [0.1, 0.15) is 45.5 Å². The number of hydrogen-bond donors (Lipinski definition) is 1. The lowest BCUT2D eigenvalue weighted by Gasteiger charge is -2.26. The van der Waals surface area contributed by atoms with E-state index in [1.807, 2.05) is 0 Å². The first-order valence-electron chi connectivity index (χ1n) is 15.2. The van der Waals surface area contributed by atoms with Crippen LogP contribution in [0.25, 0.3) is 20.5 Å². The summed E-state index contributed by atoms with van der Waals surface area (Å²) in [4.78, 5) is 51.0. The molecule has 5 aromatic rings. The number of benzene rings is 4. The standard InChI is InChI=1S/C35H29N3O9S/c39-25-9-4-23(5-10-25)34-32(33(40)22-6-11-26(12-7-22)46-19-18-36-16-2-1-3-17-36)29-15-13-27(21-31(29)48-34)47-35(41)28-14-8-24(37(42)43)20-30(28)38(44)45/h4-15,20-21,39H,1-3,16-19H2. The van der Waals surface area contributed by atoms with Gasteiger partial charge in [0.2, 0.25) is 0 Å². The summed E-state index contributed by atoms with van der Waals surface area (Å²) in [6, 6.07) is 20.7. The quantitative estimate of drug-likeness (QED) is 0.0493. The third kappa shape index (κ3) is 7.01. The van der Waals surface area contributed by atoms with Gasteiger partial charge in [0.1, 0.15) is 29.4 Å². The van der Waals surface area contributed by atoms with Crippen molar-refractivity contribution in [3.05, 3.63) is 122 Å². The number of nitro groups is 2. The Balaban J connectivity index is 1.28. The van der Waals surface area contributed by atoms with Gasteiger partial charge in [0.05, 0.1) is 15.9 Å². The summed E-state index contributed by atoms with van der Waals surface area (Å²) in [5, 5.41) is 33.1. The Morgan fingerprint density at radius 3 is 2.23 bits per heavy atom. The maximum Gasteiger partial charge on any atom is 0.350 e. The summed E-state index contributed by atoms with van der Waals surface area (Å²) in [5.41, 5.74) is -0.187. The van der Waals surface area contributed by atoms with Gasteiger partial charge in [-0.2, -0.15) is 0 Å². The molecule has 0 radical (unpaired) electrons. The number of nitrogens with zero attached hydrogens (tertiary/aromatic N) is 3. The second-order valence-corrected chi connectivity index (χ2v) is 12.3. The number of likely N-dealkylation sites (tertiary alicyclic amines) is 1. The Bertz CT molecular complexity index is 2020. The molecule has 0 aliphatic carbocycles. The molecule has 6 rings (SSSR count). The molecule has 1 fully saturated rings. The van der Waals surface area contributed by atoms with Crippen molar-refractivity contribution in [2.75, 3.05) is 26.2 Å². The second kappa shape index (κ2) is 14.0. The van der Waals surface area contributed by atoms with Gasteiger partial charge in [0.15, 0.2) is 5.78 Å². The summed E-state index contributed by atoms with van der Waals surface area (Å²) >= 11 is 1.28. The Morgan fingerprint density at radius 2 is 1.54 bits per heavy atom. The van der Waals surface area contributed by atoms with Gasteiger partial charge in [-0.3, -0.25) is 29.9 Å². The minimum Gasteiger partial charge on any atom is -0.508 e. The van der Waals surface area contributed by atoms with Crippen LogP contribution in [-0.2, 0) is 0 Å². The smallest absolute Gasteiger partial charge is 0.350 e. The number of ether oxygens (including phenoxy) is 2. The molecule has 1 aromatic heterocycles. The summed E-state index contributed by atoms with van der Waals surface area (Å²) < 4.78 is 12.0. The van der Waals surface area contributed by atoms with Crippen LogP contribution in [0.2, 0.25) is 0 Å². The molecule has 13 heteroatoms. The third-order valence-electron chi connectivity index (χ3n) is 8.08. The molecule has 0 amide bonds. The van der Waals surface area contributed by atoms with Gasteiger partial charge in [-0.05, 0) is 104 Å². The summed E-state index contributed by atoms with van der Waals surface area (Å²) in [7, 11) is 0. The number of aromatic hydroxyl groups is 1. The Kier molecular flexibility index (Phi) is 9.41. The zero-order valence-corrected chi connectivity index (χ0v) is 26.3. The number of piperidine rings is 1. The van der Waals surface area contributed by atoms with Crippen LogP contribution in [0.15, 0.2) is 84.9 Å². The molecule has 0 spiro atoms. The van der Waals surface area contributed by atoms with Crippen molar-refractivity contribution in [2.24, 2.45) is 0 Å². The lowest BCUT2D eigenvalue weighted by atomic mass is 9.97. The first-order chi connectivity index (χ1) is 23.2. The van der Waals surface area contributed by atoms with E-state index in [4.69, 9.17) is 9.47 Å². The van der Waals surface area contributed by atoms with E-state index in [2.05, 4.69) is 4.90 Å². The van der Waals surface area contributed by atoms with E-state index < -0.39 is 32.8 Å². The summed E-state index contributed by atoms with van der Waals surface area (Å²) in [6.45, 7) is 3.57. The number of esters is 1. The molecular weight excluding hydrogens is 638 g/mol. The van der Waals surface area contributed by atoms with Gasteiger partial charge >= 0.3 is 5.97 Å². The van der Waals surface area contributed by atoms with Crippen molar-refractivity contribution < 1.29 is 34.0 Å². The van der Waals surface area contributed by atoms with E-state index >= 15 is 0 Å². The van der Waals surface area contributed by atoms with E-state index in [0.29, 0.717) is 50.1 Å². The van der Waals surface area contributed by atoms with Crippen LogP contribution in [0.4, 0.5) is 11.4 Å². The number of thiophene rings is 1. The molecule has 4 aromatic carbocycles. The number of rotatable bonds is 11. The first-order valence-corrected chi connectivity index (χ1v) is 16.0. The van der Waals surface area contributed by atoms with Crippen LogP contribution < -0.4 is 9.47 Å². The molecule has 0 atom stereocenters. The number of phenolic OH excluding ortho intramolecular Hbond substituents is 1. The number of carbonyl (C=O) groups excluding carboxylic acids is 2. The topological polar surface area (TPSA) is 162 Å². The fourth-order valence-electron chi connectivity index (χ4n) is 5.62. The SMILES string of the molecule is O=C(Oc1ccc2c(C(=O)c3ccc(OCCN4CCCCC4)cc3)c(-c3ccc(O)cc3)sc2c1)c1ccc([N+](=O)[O-])cc1[N+](=O)[O-]. The van der Waals surface area contributed by atoms with E-state index in [9.17, 15) is 34.9 Å². The van der Waals surface area contributed by atoms with Crippen molar-refractivity contribution in [1.29, 1.82) is 0 Å². The zero-order chi connectivity index (χ0) is 33.8. The average molecular weight is 668 g/mol. The fraction of sp³-hybridized carbons (Fsp3) is 0.200. The van der Waals surface area contributed by atoms with Gasteiger partial charge in [-0.1, -0.05) is 6.42 Å². The number of hydrogen-bond acceptors (Lipinski definition) is 11. The lowest BCUT2D eigenvalue weighted by Crippen LogP contribution is -2.33. The van der Waals surface area contributed by atoms with E-state index in [1.165, 1.54) is 48.8 Å². The van der Waals surface area contributed by atoms with Gasteiger partial charge in [0.25, 0.3) is 11.4 Å². The number of non-ortho nitro benzene ring substituents is 1. The molecule has 1 N–H and O–H groups in total. The number of carbonyl (C=O) groups is 2. The molecule has 1 saturated heterocycles. The highest BCUT2D eigenvalue weighted by Crippen LogP contribution is 2.42. The fourth-order valence-corrected chi connectivity index (χ4v) is 6.86. The lowest BCUT2D eigenvalue weighted by molar-refractivity contribution is -0.394. The third-order valence-corrected chi connectivity index (χ3v) is 9.28. The first kappa shape index (κ1) is 32.3. The van der Waals surface area contributed by atoms with Gasteiger partial charge in [-0.25, -0.2) is 4.79 Å². The summed E-state index contributed by atoms with van der Waals surface area (Å²) in [5.74, 6) is -0.518. The van der Waals surface area contributed by atoms with Crippen molar-refractivity contribution in [3.63, 3.8) is 0 Å². The molecule has 48 heavy (non-hydrogen) atoms. The average Bonchev–Trinajstić information content (AvgIpc) is 3.47. The van der Waals surface area contributed by atoms with Crippen LogP contribution in [0.3, 0.4) is 0 Å². The highest BCUT2D eigenvalue weighted by Gasteiger charge is 2.27. The number of fused-ring (bicyclic) bond motifs is 1. The van der Waals surface area contributed by atoms with Gasteiger partial charge in [0, 0.05) is 38.7 Å². The number of phenols is 1. The van der Waals surface area contributed by atoms with Crippen LogP contribution >= 0.6 is 11.3 Å². The van der Waals surface area contributed by atoms with E-state index in [-0.39, 0.29) is 17.3 Å². The maximum absolute atomic E-state index is 14.1. The minimum absolute atomic E-state index is 0.0590. The monoisotopic (exact) mass is 667 g/mol. The van der Waals surface area contributed by atoms with Gasteiger partial charge in [-0.15, -0.1) is 11.3 Å². The second-order valence-electron chi connectivity index (χ2n) is 11.2. The molecular formula is C35H29N3O9S. The molecule has 12 nitrogen and oxygen atoms in total. The summed E-state index contributed by atoms with van der Waals surface area (Å²) in [6.07, 6.45) is 3.69. The van der Waals surface area contributed by atoms with Crippen molar-refractivity contribution in [3.8, 4) is 27.7 Å². The van der Waals surface area contributed by atoms with Crippen molar-refractivity contribution in [1.82, 2.24) is 4.90 Å². The molecule has 0 bridgehead atoms. The van der Waals surface area contributed by atoms with E-state index in [0.717, 1.165) is 31.8 Å². The molecule has 0 saturated carbocycles. The van der Waals surface area contributed by atoms with Crippen LogP contribution in [0, 0.1) is 20.2 Å². The number of ketones is 1. The Labute approximate surface area is 278 Å². The molecule has 244 valence electrons. The van der Waals surface area contributed by atoms with Crippen molar-refractivity contribution in [2.45, 2.75) is 19.3 Å². The molecule has 1 aliphatic heterocycles. The predicted molar refractivity (Wildman–Crippen MR) is 179 cm³/mol. The highest BCUT2D eigenvalue weighted by molar-refractivity contribution is 7.22. The number of nitro benzene ring substituents is 2. The largest absolute Gasteiger partial charge is 0.508 e.